The lowest BCUT2D eigenvalue weighted by Crippen LogP contribution is -2.48. The number of aryl methyl sites for hydroxylation is 2. The van der Waals surface area contributed by atoms with Gasteiger partial charge in [-0.1, -0.05) is 11.3 Å². The van der Waals surface area contributed by atoms with Crippen LogP contribution < -0.4 is 4.90 Å². The Labute approximate surface area is 148 Å². The molecule has 1 amide bonds. The molecule has 4 rings (SSSR count). The average molecular weight is 359 g/mol. The minimum Gasteiger partial charge on any atom is -0.368 e. The number of anilines is 1. The molecule has 1 aliphatic heterocycles. The standard InChI is InChI=1S/C17H18FN5OS/c1-11-15(25-17-20-19-12(2)23(11)17)16(24)22-9-7-21(8-10-22)14-5-3-13(18)4-6-14/h3-6H,7-10H2,1-2H3. The fourth-order valence-corrected chi connectivity index (χ4v) is 4.30. The van der Waals surface area contributed by atoms with E-state index >= 15 is 0 Å². The number of carbonyl (C=O) groups excluding carboxylic acids is 1. The third-order valence-corrected chi connectivity index (χ3v) is 5.73. The SMILES string of the molecule is Cc1nnc2sc(C(=O)N3CCN(c4ccc(F)cc4)CC3)c(C)n12. The Kier molecular flexibility index (Phi) is 3.91. The van der Waals surface area contributed by atoms with Gasteiger partial charge in [-0.3, -0.25) is 9.20 Å². The van der Waals surface area contributed by atoms with Crippen molar-refractivity contribution in [3.8, 4) is 0 Å². The second-order valence-electron chi connectivity index (χ2n) is 6.14. The van der Waals surface area contributed by atoms with Gasteiger partial charge >= 0.3 is 0 Å². The van der Waals surface area contributed by atoms with Crippen molar-refractivity contribution in [2.45, 2.75) is 13.8 Å². The topological polar surface area (TPSA) is 53.7 Å². The fraction of sp³-hybridized carbons (Fsp3) is 0.353. The predicted octanol–water partition coefficient (Wildman–Crippen LogP) is 2.51. The van der Waals surface area contributed by atoms with Crippen LogP contribution in [-0.4, -0.2) is 51.6 Å². The minimum atomic E-state index is -0.236. The van der Waals surface area contributed by atoms with Crippen molar-refractivity contribution in [2.24, 2.45) is 0 Å². The van der Waals surface area contributed by atoms with Crippen LogP contribution in [0.4, 0.5) is 10.1 Å². The second-order valence-corrected chi connectivity index (χ2v) is 7.11. The van der Waals surface area contributed by atoms with E-state index in [-0.39, 0.29) is 11.7 Å². The first kappa shape index (κ1) is 16.0. The molecule has 25 heavy (non-hydrogen) atoms. The first-order valence-electron chi connectivity index (χ1n) is 8.15. The van der Waals surface area contributed by atoms with Crippen LogP contribution in [0.25, 0.3) is 4.96 Å². The number of carbonyl (C=O) groups is 1. The maximum absolute atomic E-state index is 13.1. The molecule has 0 N–H and O–H groups in total. The van der Waals surface area contributed by atoms with Gasteiger partial charge in [0, 0.05) is 37.6 Å². The number of hydrogen-bond donors (Lipinski definition) is 0. The van der Waals surface area contributed by atoms with Crippen molar-refractivity contribution in [1.82, 2.24) is 19.5 Å². The highest BCUT2D eigenvalue weighted by Crippen LogP contribution is 2.25. The van der Waals surface area contributed by atoms with E-state index in [0.29, 0.717) is 13.1 Å². The lowest BCUT2D eigenvalue weighted by molar-refractivity contribution is 0.0750. The molecule has 0 aliphatic carbocycles. The van der Waals surface area contributed by atoms with Crippen LogP contribution in [0.3, 0.4) is 0 Å². The molecule has 0 unspecified atom stereocenters. The number of thiazole rings is 1. The summed E-state index contributed by atoms with van der Waals surface area (Å²) in [6, 6.07) is 6.49. The smallest absolute Gasteiger partial charge is 0.265 e. The lowest BCUT2D eigenvalue weighted by Gasteiger charge is -2.36. The molecular formula is C17H18FN5OS. The van der Waals surface area contributed by atoms with Crippen molar-refractivity contribution in [3.05, 3.63) is 46.5 Å². The minimum absolute atomic E-state index is 0.0474. The molecule has 0 radical (unpaired) electrons. The molecule has 1 saturated heterocycles. The van der Waals surface area contributed by atoms with Crippen LogP contribution in [0.5, 0.6) is 0 Å². The molecule has 6 nitrogen and oxygen atoms in total. The van der Waals surface area contributed by atoms with Gasteiger partial charge in [-0.05, 0) is 38.1 Å². The highest BCUT2D eigenvalue weighted by molar-refractivity contribution is 7.19. The second kappa shape index (κ2) is 6.11. The monoisotopic (exact) mass is 359 g/mol. The maximum Gasteiger partial charge on any atom is 0.265 e. The van der Waals surface area contributed by atoms with E-state index in [1.807, 2.05) is 23.1 Å². The number of amides is 1. The molecule has 130 valence electrons. The van der Waals surface area contributed by atoms with E-state index in [1.165, 1.54) is 23.5 Å². The summed E-state index contributed by atoms with van der Waals surface area (Å²) in [5, 5.41) is 8.15. The van der Waals surface area contributed by atoms with Crippen molar-refractivity contribution >= 4 is 27.9 Å². The molecule has 0 bridgehead atoms. The third kappa shape index (κ3) is 2.76. The summed E-state index contributed by atoms with van der Waals surface area (Å²) in [5.74, 6) is 0.607. The van der Waals surface area contributed by atoms with Gasteiger partial charge in [0.15, 0.2) is 0 Å². The highest BCUT2D eigenvalue weighted by atomic mass is 32.1. The molecule has 2 aromatic heterocycles. The number of halogens is 1. The molecule has 3 heterocycles. The molecule has 8 heteroatoms. The quantitative estimate of drug-likeness (QED) is 0.706. The fourth-order valence-electron chi connectivity index (χ4n) is 3.22. The van der Waals surface area contributed by atoms with E-state index < -0.39 is 0 Å². The Morgan fingerprint density at radius 1 is 1.08 bits per heavy atom. The van der Waals surface area contributed by atoms with Crippen LogP contribution in [-0.2, 0) is 0 Å². The zero-order chi connectivity index (χ0) is 17.6. The summed E-state index contributed by atoms with van der Waals surface area (Å²) < 4.78 is 15.0. The molecule has 1 aromatic carbocycles. The van der Waals surface area contributed by atoms with Crippen molar-refractivity contribution < 1.29 is 9.18 Å². The van der Waals surface area contributed by atoms with Crippen molar-refractivity contribution in [3.63, 3.8) is 0 Å². The van der Waals surface area contributed by atoms with Crippen LogP contribution in [0.1, 0.15) is 21.2 Å². The number of piperazine rings is 1. The van der Waals surface area contributed by atoms with E-state index in [0.717, 1.165) is 40.1 Å². The number of rotatable bonds is 2. The van der Waals surface area contributed by atoms with Crippen molar-refractivity contribution in [2.75, 3.05) is 31.1 Å². The Morgan fingerprint density at radius 2 is 1.76 bits per heavy atom. The largest absolute Gasteiger partial charge is 0.368 e. The maximum atomic E-state index is 13.1. The molecule has 0 atom stereocenters. The first-order valence-corrected chi connectivity index (χ1v) is 8.97. The van der Waals surface area contributed by atoms with Crippen LogP contribution in [0, 0.1) is 19.7 Å². The summed E-state index contributed by atoms with van der Waals surface area (Å²) in [6.07, 6.45) is 0. The number of fused-ring (bicyclic) bond motifs is 1. The van der Waals surface area contributed by atoms with Crippen LogP contribution >= 0.6 is 11.3 Å². The van der Waals surface area contributed by atoms with Gasteiger partial charge in [0.25, 0.3) is 5.91 Å². The van der Waals surface area contributed by atoms with Gasteiger partial charge in [0.05, 0.1) is 0 Å². The molecule has 3 aromatic rings. The van der Waals surface area contributed by atoms with Gasteiger partial charge in [-0.2, -0.15) is 0 Å². The molecule has 0 saturated carbocycles. The summed E-state index contributed by atoms with van der Waals surface area (Å²) in [6.45, 7) is 6.58. The number of hydrogen-bond acceptors (Lipinski definition) is 5. The van der Waals surface area contributed by atoms with Crippen molar-refractivity contribution in [1.29, 1.82) is 0 Å². The van der Waals surface area contributed by atoms with E-state index in [9.17, 15) is 9.18 Å². The van der Waals surface area contributed by atoms with Gasteiger partial charge in [0.1, 0.15) is 16.5 Å². The lowest BCUT2D eigenvalue weighted by atomic mass is 10.2. The van der Waals surface area contributed by atoms with Gasteiger partial charge < -0.3 is 9.80 Å². The summed E-state index contributed by atoms with van der Waals surface area (Å²) in [4.78, 5) is 18.4. The van der Waals surface area contributed by atoms with Gasteiger partial charge in [-0.25, -0.2) is 4.39 Å². The molecule has 1 fully saturated rings. The predicted molar refractivity (Wildman–Crippen MR) is 94.9 cm³/mol. The Morgan fingerprint density at radius 3 is 2.40 bits per heavy atom. The summed E-state index contributed by atoms with van der Waals surface area (Å²) in [5.41, 5.74) is 1.88. The normalized spacial score (nSPS) is 15.2. The number of aromatic nitrogens is 3. The zero-order valence-corrected chi connectivity index (χ0v) is 14.9. The number of nitrogens with zero attached hydrogens (tertiary/aromatic N) is 5. The molecular weight excluding hydrogens is 341 g/mol. The highest BCUT2D eigenvalue weighted by Gasteiger charge is 2.26. The molecule has 0 spiro atoms. The van der Waals surface area contributed by atoms with Gasteiger partial charge in [-0.15, -0.1) is 10.2 Å². The average Bonchev–Trinajstić information content (AvgIpc) is 3.15. The van der Waals surface area contributed by atoms with Crippen LogP contribution in [0.2, 0.25) is 0 Å². The van der Waals surface area contributed by atoms with E-state index in [1.54, 1.807) is 12.1 Å². The van der Waals surface area contributed by atoms with E-state index in [2.05, 4.69) is 15.1 Å². The third-order valence-electron chi connectivity index (χ3n) is 4.61. The number of benzene rings is 1. The molecule has 1 aliphatic rings. The van der Waals surface area contributed by atoms with Crippen LogP contribution in [0.15, 0.2) is 24.3 Å². The van der Waals surface area contributed by atoms with Gasteiger partial charge in [0.2, 0.25) is 4.96 Å². The zero-order valence-electron chi connectivity index (χ0n) is 14.1. The Hall–Kier alpha value is -2.48. The van der Waals surface area contributed by atoms with E-state index in [4.69, 9.17) is 0 Å². The first-order chi connectivity index (χ1) is 12.0. The summed E-state index contributed by atoms with van der Waals surface area (Å²) >= 11 is 1.39. The summed E-state index contributed by atoms with van der Waals surface area (Å²) in [7, 11) is 0. The Balaban J connectivity index is 1.49. The Bertz CT molecular complexity index is 925.